The maximum atomic E-state index is 13.9. The lowest BCUT2D eigenvalue weighted by atomic mass is 9.94. The molecule has 206 valence electrons. The van der Waals surface area contributed by atoms with E-state index in [4.69, 9.17) is 21.1 Å². The summed E-state index contributed by atoms with van der Waals surface area (Å²) >= 11 is 10.1. The van der Waals surface area contributed by atoms with Gasteiger partial charge >= 0.3 is 0 Å². The standard InChI is InChI=1S/C27H23ClN4O5S3/c1-13-24(39-14(2)29-13)22(33)20-21(17-10-9-16(36-3)11-19(17)37-4)32(25(35)23(20)34)26-30-31-27(40-26)38-12-15-7-5-6-8-18(15)28/h5-11,21,34H,12H2,1-4H3. The second-order valence-corrected chi connectivity index (χ2v) is 12.4. The number of hydrogen-bond acceptors (Lipinski definition) is 11. The highest BCUT2D eigenvalue weighted by molar-refractivity contribution is 8.00. The Balaban J connectivity index is 1.57. The first-order chi connectivity index (χ1) is 19.2. The summed E-state index contributed by atoms with van der Waals surface area (Å²) in [5.41, 5.74) is 1.85. The zero-order valence-electron chi connectivity index (χ0n) is 21.8. The van der Waals surface area contributed by atoms with Crippen LogP contribution in [0.3, 0.4) is 0 Å². The van der Waals surface area contributed by atoms with Crippen LogP contribution in [-0.4, -0.2) is 46.2 Å². The molecule has 0 aliphatic carbocycles. The summed E-state index contributed by atoms with van der Waals surface area (Å²) in [6.07, 6.45) is 0. The zero-order valence-corrected chi connectivity index (χ0v) is 25.0. The number of amides is 1. The van der Waals surface area contributed by atoms with E-state index in [2.05, 4.69) is 15.2 Å². The summed E-state index contributed by atoms with van der Waals surface area (Å²) < 4.78 is 11.6. The molecule has 2 aromatic carbocycles. The number of aryl methyl sites for hydroxylation is 2. The molecule has 9 nitrogen and oxygen atoms in total. The molecule has 4 aromatic rings. The van der Waals surface area contributed by atoms with Gasteiger partial charge in [0.2, 0.25) is 10.9 Å². The van der Waals surface area contributed by atoms with Gasteiger partial charge in [0, 0.05) is 22.4 Å². The summed E-state index contributed by atoms with van der Waals surface area (Å²) in [5, 5.41) is 21.2. The number of rotatable bonds is 9. The Morgan fingerprint density at radius 3 is 2.58 bits per heavy atom. The molecule has 40 heavy (non-hydrogen) atoms. The molecule has 13 heteroatoms. The van der Waals surface area contributed by atoms with Gasteiger partial charge in [-0.1, -0.05) is 52.9 Å². The normalized spacial score (nSPS) is 15.2. The molecule has 0 saturated heterocycles. The number of anilines is 1. The van der Waals surface area contributed by atoms with Crippen molar-refractivity contribution in [3.8, 4) is 11.5 Å². The van der Waals surface area contributed by atoms with Crippen molar-refractivity contribution in [1.29, 1.82) is 0 Å². The molecule has 2 aromatic heterocycles. The van der Waals surface area contributed by atoms with Crippen molar-refractivity contribution >= 4 is 62.9 Å². The number of thioether (sulfide) groups is 1. The molecule has 1 amide bonds. The number of carbonyl (C=O) groups excluding carboxylic acids is 2. The number of aromatic nitrogens is 3. The molecule has 1 aliphatic heterocycles. The van der Waals surface area contributed by atoms with Gasteiger partial charge in [0.25, 0.3) is 5.91 Å². The van der Waals surface area contributed by atoms with Crippen LogP contribution in [0.4, 0.5) is 5.13 Å². The molecule has 0 fully saturated rings. The fourth-order valence-corrected chi connectivity index (χ4v) is 7.38. The Kier molecular flexibility index (Phi) is 8.13. The minimum atomic E-state index is -1.03. The summed E-state index contributed by atoms with van der Waals surface area (Å²) in [7, 11) is 3.01. The average molecular weight is 615 g/mol. The number of carbonyl (C=O) groups is 2. The third kappa shape index (κ3) is 5.19. The molecule has 0 saturated carbocycles. The summed E-state index contributed by atoms with van der Waals surface area (Å²) in [6.45, 7) is 3.51. The Morgan fingerprint density at radius 2 is 1.90 bits per heavy atom. The summed E-state index contributed by atoms with van der Waals surface area (Å²) in [5.74, 6) is -0.451. The van der Waals surface area contributed by atoms with Gasteiger partial charge in [-0.15, -0.1) is 21.5 Å². The quantitative estimate of drug-likeness (QED) is 0.131. The van der Waals surface area contributed by atoms with Crippen molar-refractivity contribution in [2.24, 2.45) is 0 Å². The molecule has 1 atom stereocenters. The predicted molar refractivity (Wildman–Crippen MR) is 156 cm³/mol. The number of methoxy groups -OCH3 is 2. The minimum Gasteiger partial charge on any atom is -0.503 e. The Hall–Kier alpha value is -3.45. The molecule has 0 bridgehead atoms. The lowest BCUT2D eigenvalue weighted by molar-refractivity contribution is -0.117. The van der Waals surface area contributed by atoms with Gasteiger partial charge in [-0.3, -0.25) is 14.5 Å². The van der Waals surface area contributed by atoms with Crippen LogP contribution >= 0.6 is 46.0 Å². The number of ether oxygens (including phenoxy) is 2. The van der Waals surface area contributed by atoms with E-state index in [0.717, 1.165) is 5.56 Å². The van der Waals surface area contributed by atoms with E-state index >= 15 is 0 Å². The van der Waals surface area contributed by atoms with Crippen molar-refractivity contribution in [3.63, 3.8) is 0 Å². The highest BCUT2D eigenvalue weighted by atomic mass is 35.5. The van der Waals surface area contributed by atoms with E-state index < -0.39 is 23.5 Å². The lowest BCUT2D eigenvalue weighted by Gasteiger charge is -2.25. The van der Waals surface area contributed by atoms with E-state index in [-0.39, 0.29) is 10.7 Å². The first kappa shape index (κ1) is 28.1. The van der Waals surface area contributed by atoms with Gasteiger partial charge in [0.15, 0.2) is 10.1 Å². The van der Waals surface area contributed by atoms with Gasteiger partial charge in [0.1, 0.15) is 17.5 Å². The number of Topliss-reactive ketones (excluding diaryl/α,β-unsaturated/α-hetero) is 1. The topological polar surface area (TPSA) is 115 Å². The Morgan fingerprint density at radius 1 is 1.12 bits per heavy atom. The summed E-state index contributed by atoms with van der Waals surface area (Å²) in [6, 6.07) is 11.5. The van der Waals surface area contributed by atoms with Crippen LogP contribution in [0.1, 0.15) is 37.5 Å². The lowest BCUT2D eigenvalue weighted by Crippen LogP contribution is -2.31. The van der Waals surface area contributed by atoms with Gasteiger partial charge < -0.3 is 14.6 Å². The van der Waals surface area contributed by atoms with Gasteiger partial charge in [-0.25, -0.2) is 4.98 Å². The third-order valence-electron chi connectivity index (χ3n) is 6.21. The maximum absolute atomic E-state index is 13.9. The van der Waals surface area contributed by atoms with Gasteiger partial charge in [-0.2, -0.15) is 0 Å². The van der Waals surface area contributed by atoms with Crippen LogP contribution < -0.4 is 14.4 Å². The number of hydrogen-bond donors (Lipinski definition) is 1. The molecule has 0 radical (unpaired) electrons. The fourth-order valence-electron chi connectivity index (χ4n) is 4.35. The number of aliphatic hydroxyl groups is 1. The molecule has 1 aliphatic rings. The van der Waals surface area contributed by atoms with Crippen LogP contribution in [0, 0.1) is 13.8 Å². The SMILES string of the molecule is COc1ccc(C2C(C(=O)c3sc(C)nc3C)=C(O)C(=O)N2c2nnc(SCc3ccccc3Cl)s2)c(OC)c1. The zero-order chi connectivity index (χ0) is 28.6. The van der Waals surface area contributed by atoms with E-state index in [9.17, 15) is 14.7 Å². The first-order valence-electron chi connectivity index (χ1n) is 11.9. The number of aliphatic hydroxyl groups excluding tert-OH is 1. The van der Waals surface area contributed by atoms with Crippen molar-refractivity contribution < 1.29 is 24.2 Å². The average Bonchev–Trinajstić information content (AvgIpc) is 3.63. The van der Waals surface area contributed by atoms with Gasteiger partial charge in [0.05, 0.1) is 35.4 Å². The third-order valence-corrected chi connectivity index (χ3v) is 9.75. The largest absolute Gasteiger partial charge is 0.503 e. The maximum Gasteiger partial charge on any atom is 0.296 e. The van der Waals surface area contributed by atoms with Gasteiger partial charge in [-0.05, 0) is 37.6 Å². The number of nitrogens with zero attached hydrogens (tertiary/aromatic N) is 4. The van der Waals surface area contributed by atoms with Crippen molar-refractivity contribution in [3.05, 3.63) is 85.5 Å². The van der Waals surface area contributed by atoms with Crippen molar-refractivity contribution in [2.45, 2.75) is 30.0 Å². The molecule has 5 rings (SSSR count). The predicted octanol–water partition coefficient (Wildman–Crippen LogP) is 6.36. The van der Waals surface area contributed by atoms with Crippen molar-refractivity contribution in [2.75, 3.05) is 19.1 Å². The Labute approximate surface area is 247 Å². The van der Waals surface area contributed by atoms with Crippen molar-refractivity contribution in [1.82, 2.24) is 15.2 Å². The number of ketones is 1. The molecule has 0 spiro atoms. The molecular formula is C27H23ClN4O5S3. The number of thiazole rings is 1. The van der Waals surface area contributed by atoms with E-state index in [1.165, 1.54) is 53.6 Å². The van der Waals surface area contributed by atoms with Crippen LogP contribution in [-0.2, 0) is 10.5 Å². The second-order valence-electron chi connectivity index (χ2n) is 8.66. The van der Waals surface area contributed by atoms with Crippen LogP contribution in [0.25, 0.3) is 0 Å². The molecular weight excluding hydrogens is 592 g/mol. The van der Waals surface area contributed by atoms with Crippen LogP contribution in [0.5, 0.6) is 11.5 Å². The molecule has 1 unspecified atom stereocenters. The highest BCUT2D eigenvalue weighted by Gasteiger charge is 2.47. The highest BCUT2D eigenvalue weighted by Crippen LogP contribution is 2.47. The first-order valence-corrected chi connectivity index (χ1v) is 14.9. The fraction of sp³-hybridized carbons (Fsp3) is 0.222. The van der Waals surface area contributed by atoms with E-state index in [0.29, 0.717) is 47.8 Å². The van der Waals surface area contributed by atoms with Crippen LogP contribution in [0.2, 0.25) is 5.02 Å². The van der Waals surface area contributed by atoms with E-state index in [1.807, 2.05) is 24.3 Å². The summed E-state index contributed by atoms with van der Waals surface area (Å²) in [4.78, 5) is 33.4. The second kappa shape index (κ2) is 11.6. The number of halogens is 1. The number of benzene rings is 2. The minimum absolute atomic E-state index is 0.0827. The van der Waals surface area contributed by atoms with Crippen LogP contribution in [0.15, 0.2) is 58.1 Å². The van der Waals surface area contributed by atoms with E-state index in [1.54, 1.807) is 32.0 Å². The Bertz CT molecular complexity index is 1650. The molecule has 3 heterocycles. The molecule has 1 N–H and O–H groups in total. The monoisotopic (exact) mass is 614 g/mol. The smallest absolute Gasteiger partial charge is 0.296 e.